The minimum atomic E-state index is -3.66. The molecular weight excluding hydrogens is 278 g/mol. The van der Waals surface area contributed by atoms with Crippen molar-refractivity contribution in [3.8, 4) is 0 Å². The van der Waals surface area contributed by atoms with Gasteiger partial charge in [-0.2, -0.15) is 4.31 Å². The molecule has 0 saturated carbocycles. The molecule has 102 valence electrons. The lowest BCUT2D eigenvalue weighted by Crippen LogP contribution is -2.50. The molecule has 18 heavy (non-hydrogen) atoms. The summed E-state index contributed by atoms with van der Waals surface area (Å²) in [5.74, 6) is 0. The lowest BCUT2D eigenvalue weighted by Gasteiger charge is -2.35. The zero-order valence-corrected chi connectivity index (χ0v) is 12.1. The highest BCUT2D eigenvalue weighted by Gasteiger charge is 2.37. The number of hydrogen-bond donors (Lipinski definition) is 0. The first-order valence-electron chi connectivity index (χ1n) is 5.64. The summed E-state index contributed by atoms with van der Waals surface area (Å²) in [4.78, 5) is 3.88. The molecule has 1 aliphatic rings. The van der Waals surface area contributed by atoms with Gasteiger partial charge in [0.15, 0.2) is 0 Å². The standard InChI is InChI=1S/C10H16ClN3O3S/c1-7-5-17-8(2)4-14(7)18(15,16)10-9(11)13(3)6-12-10/h6-8H,4-5H2,1-3H3/t7-,8+/m0/s1. The molecule has 0 bridgehead atoms. The summed E-state index contributed by atoms with van der Waals surface area (Å²) in [7, 11) is -2.01. The van der Waals surface area contributed by atoms with Crippen LogP contribution >= 0.6 is 11.6 Å². The van der Waals surface area contributed by atoms with E-state index >= 15 is 0 Å². The van der Waals surface area contributed by atoms with Gasteiger partial charge in [-0.15, -0.1) is 0 Å². The molecule has 2 atom stereocenters. The summed E-state index contributed by atoms with van der Waals surface area (Å²) < 4.78 is 33.3. The number of aryl methyl sites for hydroxylation is 1. The van der Waals surface area contributed by atoms with Crippen molar-refractivity contribution in [3.63, 3.8) is 0 Å². The van der Waals surface area contributed by atoms with E-state index in [2.05, 4.69) is 4.98 Å². The summed E-state index contributed by atoms with van der Waals surface area (Å²) in [6.45, 7) is 4.34. The predicted octanol–water partition coefficient (Wildman–Crippen LogP) is 0.871. The first kappa shape index (κ1) is 13.8. The zero-order valence-electron chi connectivity index (χ0n) is 10.5. The van der Waals surface area contributed by atoms with Gasteiger partial charge >= 0.3 is 0 Å². The van der Waals surface area contributed by atoms with Crippen LogP contribution in [0.4, 0.5) is 0 Å². The highest BCUT2D eigenvalue weighted by molar-refractivity contribution is 7.89. The maximum atomic E-state index is 12.5. The fourth-order valence-corrected chi connectivity index (χ4v) is 3.97. The lowest BCUT2D eigenvalue weighted by molar-refractivity contribution is -0.0171. The van der Waals surface area contributed by atoms with Crippen LogP contribution in [0.25, 0.3) is 0 Å². The number of nitrogens with zero attached hydrogens (tertiary/aromatic N) is 3. The Labute approximate surface area is 112 Å². The Balaban J connectivity index is 2.39. The van der Waals surface area contributed by atoms with Gasteiger partial charge in [-0.3, -0.25) is 0 Å². The van der Waals surface area contributed by atoms with Crippen molar-refractivity contribution < 1.29 is 13.2 Å². The quantitative estimate of drug-likeness (QED) is 0.812. The van der Waals surface area contributed by atoms with Crippen molar-refractivity contribution in [2.75, 3.05) is 13.2 Å². The van der Waals surface area contributed by atoms with Crippen molar-refractivity contribution in [1.82, 2.24) is 13.9 Å². The molecule has 1 aliphatic heterocycles. The SMILES string of the molecule is C[C@@H]1CN(S(=O)(=O)c2ncn(C)c2Cl)[C@@H](C)CO1. The molecule has 2 heterocycles. The summed E-state index contributed by atoms with van der Waals surface area (Å²) in [5.41, 5.74) is 0. The summed E-state index contributed by atoms with van der Waals surface area (Å²) >= 11 is 5.96. The van der Waals surface area contributed by atoms with Gasteiger partial charge in [0.2, 0.25) is 5.03 Å². The van der Waals surface area contributed by atoms with Gasteiger partial charge in [-0.25, -0.2) is 13.4 Å². The monoisotopic (exact) mass is 293 g/mol. The molecule has 0 aromatic carbocycles. The van der Waals surface area contributed by atoms with Gasteiger partial charge in [-0.05, 0) is 13.8 Å². The maximum absolute atomic E-state index is 12.5. The van der Waals surface area contributed by atoms with Crippen molar-refractivity contribution in [3.05, 3.63) is 11.5 Å². The summed E-state index contributed by atoms with van der Waals surface area (Å²) in [6, 6.07) is -0.218. The second kappa shape index (κ2) is 4.80. The van der Waals surface area contributed by atoms with Crippen molar-refractivity contribution in [1.29, 1.82) is 0 Å². The fourth-order valence-electron chi connectivity index (χ4n) is 1.89. The van der Waals surface area contributed by atoms with Gasteiger partial charge in [0.1, 0.15) is 5.15 Å². The third kappa shape index (κ3) is 2.27. The van der Waals surface area contributed by atoms with Gasteiger partial charge in [0.25, 0.3) is 10.0 Å². The number of aromatic nitrogens is 2. The molecule has 0 aliphatic carbocycles. The Morgan fingerprint density at radius 1 is 1.50 bits per heavy atom. The van der Waals surface area contributed by atoms with Crippen LogP contribution in [0.2, 0.25) is 5.15 Å². The third-order valence-electron chi connectivity index (χ3n) is 2.94. The van der Waals surface area contributed by atoms with Gasteiger partial charge < -0.3 is 9.30 Å². The number of rotatable bonds is 2. The van der Waals surface area contributed by atoms with Crippen LogP contribution in [-0.2, 0) is 21.8 Å². The zero-order chi connectivity index (χ0) is 13.5. The van der Waals surface area contributed by atoms with E-state index in [1.165, 1.54) is 15.2 Å². The first-order valence-corrected chi connectivity index (χ1v) is 7.46. The van der Waals surface area contributed by atoms with Crippen LogP contribution in [-0.4, -0.2) is 47.6 Å². The number of hydrogen-bond acceptors (Lipinski definition) is 4. The van der Waals surface area contributed by atoms with Crippen LogP contribution < -0.4 is 0 Å². The fraction of sp³-hybridized carbons (Fsp3) is 0.700. The summed E-state index contributed by atoms with van der Waals surface area (Å²) in [6.07, 6.45) is 1.27. The molecule has 1 fully saturated rings. The molecule has 1 aromatic rings. The number of morpholine rings is 1. The van der Waals surface area contributed by atoms with E-state index < -0.39 is 10.0 Å². The average molecular weight is 294 g/mol. The summed E-state index contributed by atoms with van der Waals surface area (Å²) in [5, 5.41) is 0.0361. The van der Waals surface area contributed by atoms with Crippen molar-refractivity contribution in [2.24, 2.45) is 7.05 Å². The Hall–Kier alpha value is -0.630. The molecule has 8 heteroatoms. The Bertz CT molecular complexity index is 543. The Morgan fingerprint density at radius 3 is 2.72 bits per heavy atom. The number of ether oxygens (including phenoxy) is 1. The van der Waals surface area contributed by atoms with Crippen LogP contribution in [0, 0.1) is 0 Å². The highest BCUT2D eigenvalue weighted by atomic mass is 35.5. The van der Waals surface area contributed by atoms with E-state index in [1.54, 1.807) is 14.0 Å². The molecule has 0 unspecified atom stereocenters. The number of imidazole rings is 1. The number of sulfonamides is 1. The van der Waals surface area contributed by atoms with Gasteiger partial charge in [0.05, 0.1) is 19.0 Å². The van der Waals surface area contributed by atoms with E-state index in [4.69, 9.17) is 16.3 Å². The maximum Gasteiger partial charge on any atom is 0.264 e. The first-order chi connectivity index (χ1) is 8.34. The van der Waals surface area contributed by atoms with Crippen LogP contribution in [0.15, 0.2) is 11.4 Å². The van der Waals surface area contributed by atoms with E-state index in [9.17, 15) is 8.42 Å². The van der Waals surface area contributed by atoms with E-state index in [-0.39, 0.29) is 22.3 Å². The van der Waals surface area contributed by atoms with E-state index in [1.807, 2.05) is 6.92 Å². The molecular formula is C10H16ClN3O3S. The molecule has 0 radical (unpaired) electrons. The van der Waals surface area contributed by atoms with Crippen LogP contribution in [0.3, 0.4) is 0 Å². The largest absolute Gasteiger partial charge is 0.375 e. The average Bonchev–Trinajstić information content (AvgIpc) is 2.63. The molecule has 0 spiro atoms. The van der Waals surface area contributed by atoms with E-state index in [0.717, 1.165) is 0 Å². The van der Waals surface area contributed by atoms with Crippen LogP contribution in [0.5, 0.6) is 0 Å². The molecule has 1 saturated heterocycles. The van der Waals surface area contributed by atoms with Gasteiger partial charge in [0, 0.05) is 19.6 Å². The molecule has 1 aromatic heterocycles. The van der Waals surface area contributed by atoms with E-state index in [0.29, 0.717) is 13.2 Å². The van der Waals surface area contributed by atoms with Crippen molar-refractivity contribution >= 4 is 21.6 Å². The van der Waals surface area contributed by atoms with Crippen molar-refractivity contribution in [2.45, 2.75) is 31.0 Å². The lowest BCUT2D eigenvalue weighted by atomic mass is 10.2. The third-order valence-corrected chi connectivity index (χ3v) is 5.41. The Kier molecular flexibility index (Phi) is 3.68. The van der Waals surface area contributed by atoms with Gasteiger partial charge in [-0.1, -0.05) is 11.6 Å². The minimum Gasteiger partial charge on any atom is -0.375 e. The molecule has 6 nitrogen and oxygen atoms in total. The second-order valence-electron chi connectivity index (χ2n) is 4.52. The molecule has 0 amide bonds. The molecule has 2 rings (SSSR count). The Morgan fingerprint density at radius 2 is 2.17 bits per heavy atom. The predicted molar refractivity (Wildman–Crippen MR) is 67.0 cm³/mol. The van der Waals surface area contributed by atoms with Crippen LogP contribution in [0.1, 0.15) is 13.8 Å². The number of halogens is 1. The normalized spacial score (nSPS) is 26.4. The highest BCUT2D eigenvalue weighted by Crippen LogP contribution is 2.26. The smallest absolute Gasteiger partial charge is 0.264 e. The second-order valence-corrected chi connectivity index (χ2v) is 6.68. The molecule has 0 N–H and O–H groups in total. The topological polar surface area (TPSA) is 64.4 Å². The minimum absolute atomic E-state index is 0.0902.